The molecule has 100 valence electrons. The molecule has 0 amide bonds. The molecular formula is C12H13ClF3NO. The van der Waals surface area contributed by atoms with Gasteiger partial charge in [-0.3, -0.25) is 0 Å². The summed E-state index contributed by atoms with van der Waals surface area (Å²) in [7, 11) is 0. The van der Waals surface area contributed by atoms with Crippen LogP contribution in [0.25, 0.3) is 0 Å². The first-order chi connectivity index (χ1) is 8.41. The Morgan fingerprint density at radius 1 is 1.39 bits per heavy atom. The molecule has 2 nitrogen and oxygen atoms in total. The molecule has 6 heteroatoms. The number of nitrogens with zero attached hydrogens (tertiary/aromatic N) is 1. The number of anilines is 1. The summed E-state index contributed by atoms with van der Waals surface area (Å²) in [5.41, 5.74) is -0.144. The summed E-state index contributed by atoms with van der Waals surface area (Å²) in [6.07, 6.45) is -3.55. The van der Waals surface area contributed by atoms with Crippen molar-refractivity contribution >= 4 is 17.3 Å². The lowest BCUT2D eigenvalue weighted by Crippen LogP contribution is -2.21. The van der Waals surface area contributed by atoms with Crippen molar-refractivity contribution in [3.63, 3.8) is 0 Å². The molecule has 1 aromatic rings. The summed E-state index contributed by atoms with van der Waals surface area (Å²) in [6, 6.07) is 3.38. The van der Waals surface area contributed by atoms with Crippen molar-refractivity contribution in [1.29, 1.82) is 0 Å². The largest absolute Gasteiger partial charge is 0.416 e. The first-order valence-electron chi connectivity index (χ1n) is 5.64. The first kappa shape index (κ1) is 13.5. The summed E-state index contributed by atoms with van der Waals surface area (Å²) in [4.78, 5) is 1.91. The SMILES string of the molecule is OCC1CCN(c2ccc(C(F)(F)F)cc2Cl)C1. The zero-order valence-corrected chi connectivity index (χ0v) is 10.3. The Bertz CT molecular complexity index is 436. The Morgan fingerprint density at radius 3 is 2.61 bits per heavy atom. The Hall–Kier alpha value is -0.940. The predicted molar refractivity (Wildman–Crippen MR) is 63.9 cm³/mol. The summed E-state index contributed by atoms with van der Waals surface area (Å²) in [5, 5.41) is 9.14. The van der Waals surface area contributed by atoms with Crippen molar-refractivity contribution in [1.82, 2.24) is 0 Å². The fourth-order valence-electron chi connectivity index (χ4n) is 2.14. The van der Waals surface area contributed by atoms with Gasteiger partial charge in [0.05, 0.1) is 16.3 Å². The molecule has 0 spiro atoms. The number of aliphatic hydroxyl groups excluding tert-OH is 1. The molecule has 1 unspecified atom stereocenters. The molecule has 1 aliphatic rings. The summed E-state index contributed by atoms with van der Waals surface area (Å²) in [6.45, 7) is 1.42. The van der Waals surface area contributed by atoms with E-state index in [2.05, 4.69) is 0 Å². The van der Waals surface area contributed by atoms with Gasteiger partial charge < -0.3 is 10.0 Å². The van der Waals surface area contributed by atoms with Gasteiger partial charge in [-0.2, -0.15) is 13.2 Å². The van der Waals surface area contributed by atoms with Crippen LogP contribution in [0, 0.1) is 5.92 Å². The predicted octanol–water partition coefficient (Wildman–Crippen LogP) is 3.18. The van der Waals surface area contributed by atoms with E-state index in [9.17, 15) is 13.2 Å². The van der Waals surface area contributed by atoms with Crippen LogP contribution in [-0.2, 0) is 6.18 Å². The van der Waals surface area contributed by atoms with E-state index in [-0.39, 0.29) is 17.5 Å². The number of halogens is 4. The monoisotopic (exact) mass is 279 g/mol. The fraction of sp³-hybridized carbons (Fsp3) is 0.500. The lowest BCUT2D eigenvalue weighted by molar-refractivity contribution is -0.137. The molecule has 1 N–H and O–H groups in total. The minimum atomic E-state index is -4.37. The minimum absolute atomic E-state index is 0.0920. The Morgan fingerprint density at radius 2 is 2.11 bits per heavy atom. The van der Waals surface area contributed by atoms with Gasteiger partial charge in [0, 0.05) is 25.6 Å². The molecule has 1 saturated heterocycles. The number of benzene rings is 1. The standard InChI is InChI=1S/C12H13ClF3NO/c13-10-5-9(12(14,15)16)1-2-11(10)17-4-3-8(6-17)7-18/h1-2,5,8,18H,3-4,6-7H2. The van der Waals surface area contributed by atoms with E-state index in [1.54, 1.807) is 0 Å². The molecule has 0 aliphatic carbocycles. The molecule has 2 rings (SSSR count). The van der Waals surface area contributed by atoms with Gasteiger partial charge in [-0.25, -0.2) is 0 Å². The number of hydrogen-bond donors (Lipinski definition) is 1. The topological polar surface area (TPSA) is 23.5 Å². The zero-order chi connectivity index (χ0) is 13.3. The number of alkyl halides is 3. The van der Waals surface area contributed by atoms with E-state index in [0.29, 0.717) is 18.8 Å². The van der Waals surface area contributed by atoms with Crippen LogP contribution in [0.4, 0.5) is 18.9 Å². The van der Waals surface area contributed by atoms with Gasteiger partial charge in [-0.15, -0.1) is 0 Å². The summed E-state index contributed by atoms with van der Waals surface area (Å²) in [5.74, 6) is 0.170. The van der Waals surface area contributed by atoms with Crippen LogP contribution in [0.3, 0.4) is 0 Å². The van der Waals surface area contributed by atoms with Gasteiger partial charge in [0.2, 0.25) is 0 Å². The maximum atomic E-state index is 12.5. The molecule has 0 aromatic heterocycles. The smallest absolute Gasteiger partial charge is 0.396 e. The summed E-state index contributed by atoms with van der Waals surface area (Å²) >= 11 is 5.90. The van der Waals surface area contributed by atoms with Crippen LogP contribution in [0.15, 0.2) is 18.2 Å². The third kappa shape index (κ3) is 2.72. The molecule has 1 fully saturated rings. The quantitative estimate of drug-likeness (QED) is 0.899. The van der Waals surface area contributed by atoms with Crippen molar-refractivity contribution in [2.45, 2.75) is 12.6 Å². The van der Waals surface area contributed by atoms with Crippen molar-refractivity contribution < 1.29 is 18.3 Å². The van der Waals surface area contributed by atoms with Crippen LogP contribution in [0.1, 0.15) is 12.0 Å². The molecule has 18 heavy (non-hydrogen) atoms. The summed E-state index contributed by atoms with van der Waals surface area (Å²) < 4.78 is 37.5. The van der Waals surface area contributed by atoms with E-state index >= 15 is 0 Å². The Kier molecular flexibility index (Phi) is 3.73. The minimum Gasteiger partial charge on any atom is -0.396 e. The molecule has 1 aromatic carbocycles. The van der Waals surface area contributed by atoms with Gasteiger partial charge in [0.15, 0.2) is 0 Å². The second-order valence-electron chi connectivity index (χ2n) is 4.45. The third-order valence-corrected chi connectivity index (χ3v) is 3.46. The van der Waals surface area contributed by atoms with E-state index in [1.165, 1.54) is 6.07 Å². The number of aliphatic hydroxyl groups is 1. The van der Waals surface area contributed by atoms with E-state index < -0.39 is 11.7 Å². The molecule has 0 radical (unpaired) electrons. The Labute approximate surface area is 108 Å². The van der Waals surface area contributed by atoms with Crippen LogP contribution in [-0.4, -0.2) is 24.8 Å². The highest BCUT2D eigenvalue weighted by molar-refractivity contribution is 6.33. The lowest BCUT2D eigenvalue weighted by atomic mass is 10.1. The highest BCUT2D eigenvalue weighted by Crippen LogP contribution is 2.36. The zero-order valence-electron chi connectivity index (χ0n) is 9.54. The highest BCUT2D eigenvalue weighted by Gasteiger charge is 2.32. The molecule has 0 bridgehead atoms. The number of rotatable bonds is 2. The van der Waals surface area contributed by atoms with Crippen LogP contribution in [0.5, 0.6) is 0 Å². The van der Waals surface area contributed by atoms with Crippen molar-refractivity contribution in [3.05, 3.63) is 28.8 Å². The van der Waals surface area contributed by atoms with Crippen molar-refractivity contribution in [2.24, 2.45) is 5.92 Å². The van der Waals surface area contributed by atoms with E-state index in [4.69, 9.17) is 16.7 Å². The first-order valence-corrected chi connectivity index (χ1v) is 6.02. The molecule has 1 heterocycles. The molecular weight excluding hydrogens is 267 g/mol. The maximum absolute atomic E-state index is 12.5. The number of hydrogen-bond acceptors (Lipinski definition) is 2. The average Bonchev–Trinajstić information content (AvgIpc) is 2.76. The van der Waals surface area contributed by atoms with Crippen molar-refractivity contribution in [2.75, 3.05) is 24.6 Å². The van der Waals surface area contributed by atoms with Gasteiger partial charge in [0.1, 0.15) is 0 Å². The normalized spacial score (nSPS) is 20.5. The third-order valence-electron chi connectivity index (χ3n) is 3.16. The maximum Gasteiger partial charge on any atom is 0.416 e. The van der Waals surface area contributed by atoms with Crippen LogP contribution in [0.2, 0.25) is 5.02 Å². The molecule has 1 aliphatic heterocycles. The Balaban J connectivity index is 2.21. The van der Waals surface area contributed by atoms with Gasteiger partial charge in [0.25, 0.3) is 0 Å². The molecule has 1 atom stereocenters. The fourth-order valence-corrected chi connectivity index (χ4v) is 2.44. The lowest BCUT2D eigenvalue weighted by Gasteiger charge is -2.20. The van der Waals surface area contributed by atoms with E-state index in [1.807, 2.05) is 4.90 Å². The van der Waals surface area contributed by atoms with Crippen LogP contribution >= 0.6 is 11.6 Å². The second-order valence-corrected chi connectivity index (χ2v) is 4.85. The van der Waals surface area contributed by atoms with Crippen LogP contribution < -0.4 is 4.90 Å². The van der Waals surface area contributed by atoms with Gasteiger partial charge in [-0.1, -0.05) is 11.6 Å². The van der Waals surface area contributed by atoms with E-state index in [0.717, 1.165) is 18.6 Å². The van der Waals surface area contributed by atoms with Gasteiger partial charge in [-0.05, 0) is 24.6 Å². The average molecular weight is 280 g/mol. The molecule has 0 saturated carbocycles. The second kappa shape index (κ2) is 4.97. The highest BCUT2D eigenvalue weighted by atomic mass is 35.5. The van der Waals surface area contributed by atoms with Gasteiger partial charge >= 0.3 is 6.18 Å². The van der Waals surface area contributed by atoms with Crippen molar-refractivity contribution in [3.8, 4) is 0 Å².